The fourth-order valence-electron chi connectivity index (χ4n) is 3.02. The van der Waals surface area contributed by atoms with Gasteiger partial charge < -0.3 is 19.3 Å². The molecule has 9 nitrogen and oxygen atoms in total. The minimum absolute atomic E-state index is 0.0677. The molecule has 0 atom stereocenters. The Kier molecular flexibility index (Phi) is 5.01. The third kappa shape index (κ3) is 3.70. The van der Waals surface area contributed by atoms with Gasteiger partial charge in [0, 0.05) is 13.1 Å². The third-order valence-electron chi connectivity index (χ3n) is 4.45. The maximum atomic E-state index is 12.6. The molecule has 1 aromatic heterocycles. The van der Waals surface area contributed by atoms with Crippen molar-refractivity contribution in [3.05, 3.63) is 45.7 Å². The van der Waals surface area contributed by atoms with Crippen LogP contribution in [0.3, 0.4) is 0 Å². The average Bonchev–Trinajstić information content (AvgIpc) is 3.35. The Labute approximate surface area is 170 Å². The topological polar surface area (TPSA) is 111 Å². The Morgan fingerprint density at radius 1 is 1.28 bits per heavy atom. The van der Waals surface area contributed by atoms with E-state index in [0.29, 0.717) is 33.4 Å². The summed E-state index contributed by atoms with van der Waals surface area (Å²) >= 11 is 0.860. The Hall–Kier alpha value is -3.27. The van der Waals surface area contributed by atoms with Crippen molar-refractivity contribution in [3.8, 4) is 11.5 Å². The molecule has 0 unspecified atom stereocenters. The molecule has 1 saturated heterocycles. The lowest BCUT2D eigenvalue weighted by atomic mass is 10.2. The molecule has 4 rings (SSSR count). The maximum Gasteiger partial charge on any atom is 0.293 e. The second kappa shape index (κ2) is 7.63. The predicted molar refractivity (Wildman–Crippen MR) is 104 cm³/mol. The molecule has 2 aliphatic heterocycles. The second-order valence-electron chi connectivity index (χ2n) is 6.40. The lowest BCUT2D eigenvalue weighted by molar-refractivity contribution is -0.122. The summed E-state index contributed by atoms with van der Waals surface area (Å²) in [5.41, 5.74) is 1.58. The largest absolute Gasteiger partial charge is 0.454 e. The first-order valence-electron chi connectivity index (χ1n) is 8.80. The van der Waals surface area contributed by atoms with E-state index >= 15 is 0 Å². The number of rotatable bonds is 5. The van der Waals surface area contributed by atoms with E-state index in [-0.39, 0.29) is 31.0 Å². The van der Waals surface area contributed by atoms with Crippen LogP contribution in [0, 0.1) is 13.8 Å². The third-order valence-corrected chi connectivity index (χ3v) is 5.36. The van der Waals surface area contributed by atoms with Gasteiger partial charge in [-0.25, -0.2) is 0 Å². The van der Waals surface area contributed by atoms with Gasteiger partial charge in [-0.15, -0.1) is 0 Å². The van der Waals surface area contributed by atoms with Crippen molar-refractivity contribution in [3.63, 3.8) is 0 Å². The van der Waals surface area contributed by atoms with Crippen LogP contribution in [-0.2, 0) is 4.79 Å². The molecule has 2 aliphatic rings. The van der Waals surface area contributed by atoms with E-state index in [1.54, 1.807) is 38.1 Å². The molecule has 1 N–H and O–H groups in total. The SMILES string of the molecule is Cc1noc(C)c1C(=O)NCCN1C(=O)S/C(=C\c2ccc3c(c2)OCO3)C1=O. The lowest BCUT2D eigenvalue weighted by Crippen LogP contribution is -2.37. The Bertz CT molecular complexity index is 1030. The van der Waals surface area contributed by atoms with Gasteiger partial charge >= 0.3 is 0 Å². The van der Waals surface area contributed by atoms with Crippen molar-refractivity contribution in [2.75, 3.05) is 19.9 Å². The number of benzene rings is 1. The summed E-state index contributed by atoms with van der Waals surface area (Å²) in [5, 5.41) is 6.04. The molecular formula is C19H17N3O6S. The van der Waals surface area contributed by atoms with Crippen LogP contribution < -0.4 is 14.8 Å². The molecule has 3 heterocycles. The summed E-state index contributed by atoms with van der Waals surface area (Å²) in [6, 6.07) is 5.29. The first-order valence-corrected chi connectivity index (χ1v) is 9.62. The summed E-state index contributed by atoms with van der Waals surface area (Å²) in [6.45, 7) is 3.67. The van der Waals surface area contributed by atoms with Gasteiger partial charge in [-0.2, -0.15) is 0 Å². The van der Waals surface area contributed by atoms with Crippen LogP contribution in [0.25, 0.3) is 6.08 Å². The number of ether oxygens (including phenoxy) is 2. The van der Waals surface area contributed by atoms with E-state index < -0.39 is 5.91 Å². The molecule has 3 amide bonds. The average molecular weight is 415 g/mol. The number of imide groups is 1. The van der Waals surface area contributed by atoms with Crippen LogP contribution >= 0.6 is 11.8 Å². The predicted octanol–water partition coefficient (Wildman–Crippen LogP) is 2.49. The van der Waals surface area contributed by atoms with Gasteiger partial charge in [0.25, 0.3) is 17.1 Å². The molecule has 0 bridgehead atoms. The highest BCUT2D eigenvalue weighted by Crippen LogP contribution is 2.36. The number of aryl methyl sites for hydroxylation is 2. The van der Waals surface area contributed by atoms with Gasteiger partial charge in [-0.3, -0.25) is 19.3 Å². The molecule has 0 spiro atoms. The van der Waals surface area contributed by atoms with Gasteiger partial charge in [0.05, 0.1) is 10.6 Å². The summed E-state index contributed by atoms with van der Waals surface area (Å²) in [4.78, 5) is 38.5. The number of carbonyl (C=O) groups excluding carboxylic acids is 3. The zero-order chi connectivity index (χ0) is 20.5. The Morgan fingerprint density at radius 3 is 2.83 bits per heavy atom. The fraction of sp³-hybridized carbons (Fsp3) is 0.263. The van der Waals surface area contributed by atoms with E-state index in [2.05, 4.69) is 10.5 Å². The van der Waals surface area contributed by atoms with Crippen molar-refractivity contribution < 1.29 is 28.4 Å². The molecule has 0 radical (unpaired) electrons. The van der Waals surface area contributed by atoms with Crippen molar-refractivity contribution in [1.82, 2.24) is 15.4 Å². The standard InChI is InChI=1S/C19H17N3O6S/c1-10-16(11(2)28-21-10)17(23)20-5-6-22-18(24)15(29-19(22)25)8-12-3-4-13-14(7-12)27-9-26-13/h3-4,7-8H,5-6,9H2,1-2H3,(H,20,23)/b15-8-. The van der Waals surface area contributed by atoms with Crippen molar-refractivity contribution >= 4 is 34.9 Å². The summed E-state index contributed by atoms with van der Waals surface area (Å²) in [7, 11) is 0. The number of hydrogen-bond donors (Lipinski definition) is 1. The first-order chi connectivity index (χ1) is 13.9. The molecule has 2 aromatic rings. The quantitative estimate of drug-likeness (QED) is 0.742. The highest BCUT2D eigenvalue weighted by molar-refractivity contribution is 8.18. The van der Waals surface area contributed by atoms with E-state index in [1.165, 1.54) is 0 Å². The second-order valence-corrected chi connectivity index (χ2v) is 7.39. The lowest BCUT2D eigenvalue weighted by Gasteiger charge is -2.12. The minimum Gasteiger partial charge on any atom is -0.454 e. The smallest absolute Gasteiger partial charge is 0.293 e. The molecule has 29 heavy (non-hydrogen) atoms. The minimum atomic E-state index is -0.399. The summed E-state index contributed by atoms with van der Waals surface area (Å²) in [6.07, 6.45) is 1.63. The number of amides is 3. The van der Waals surface area contributed by atoms with Crippen LogP contribution in [0.15, 0.2) is 27.6 Å². The Morgan fingerprint density at radius 2 is 2.07 bits per heavy atom. The van der Waals surface area contributed by atoms with E-state index in [9.17, 15) is 14.4 Å². The fourth-order valence-corrected chi connectivity index (χ4v) is 3.89. The van der Waals surface area contributed by atoms with Crippen molar-refractivity contribution in [2.24, 2.45) is 0 Å². The molecular weight excluding hydrogens is 398 g/mol. The maximum absolute atomic E-state index is 12.6. The van der Waals surface area contributed by atoms with Crippen molar-refractivity contribution in [1.29, 1.82) is 0 Å². The van der Waals surface area contributed by atoms with Crippen LogP contribution in [0.5, 0.6) is 11.5 Å². The highest BCUT2D eigenvalue weighted by Gasteiger charge is 2.35. The molecule has 1 fully saturated rings. The number of aromatic nitrogens is 1. The molecule has 150 valence electrons. The molecule has 0 aliphatic carbocycles. The van der Waals surface area contributed by atoms with Gasteiger partial charge in [0.2, 0.25) is 6.79 Å². The zero-order valence-electron chi connectivity index (χ0n) is 15.7. The van der Waals surface area contributed by atoms with E-state index in [1.807, 2.05) is 0 Å². The zero-order valence-corrected chi connectivity index (χ0v) is 16.5. The van der Waals surface area contributed by atoms with Gasteiger partial charge in [-0.1, -0.05) is 11.2 Å². The van der Waals surface area contributed by atoms with Crippen molar-refractivity contribution in [2.45, 2.75) is 13.8 Å². The molecule has 10 heteroatoms. The monoisotopic (exact) mass is 415 g/mol. The van der Waals surface area contributed by atoms with E-state index in [0.717, 1.165) is 22.2 Å². The Balaban J connectivity index is 1.39. The summed E-state index contributed by atoms with van der Waals surface area (Å²) < 4.78 is 15.6. The van der Waals surface area contributed by atoms with E-state index in [4.69, 9.17) is 14.0 Å². The van der Waals surface area contributed by atoms with Gasteiger partial charge in [0.15, 0.2) is 11.5 Å². The number of thioether (sulfide) groups is 1. The number of hydrogen-bond acceptors (Lipinski definition) is 8. The number of carbonyl (C=O) groups is 3. The normalized spacial score (nSPS) is 16.8. The molecule has 0 saturated carbocycles. The first kappa shape index (κ1) is 19.1. The van der Waals surface area contributed by atoms with Gasteiger partial charge in [0.1, 0.15) is 11.3 Å². The highest BCUT2D eigenvalue weighted by atomic mass is 32.2. The number of fused-ring (bicyclic) bond motifs is 1. The van der Waals surface area contributed by atoms with Crippen LogP contribution in [0.1, 0.15) is 27.4 Å². The van der Waals surface area contributed by atoms with Crippen LogP contribution in [-0.4, -0.2) is 47.0 Å². The number of nitrogens with zero attached hydrogens (tertiary/aromatic N) is 2. The number of nitrogens with one attached hydrogen (secondary N) is 1. The van der Waals surface area contributed by atoms with Crippen LogP contribution in [0.4, 0.5) is 4.79 Å². The van der Waals surface area contributed by atoms with Crippen LogP contribution in [0.2, 0.25) is 0 Å². The molecule has 1 aromatic carbocycles. The summed E-state index contributed by atoms with van der Waals surface area (Å²) in [5.74, 6) is 0.899. The van der Waals surface area contributed by atoms with Gasteiger partial charge in [-0.05, 0) is 49.4 Å².